The van der Waals surface area contributed by atoms with E-state index in [0.717, 1.165) is 31.8 Å². The average molecular weight is 316 g/mol. The van der Waals surface area contributed by atoms with Crippen molar-refractivity contribution in [2.75, 3.05) is 11.4 Å². The van der Waals surface area contributed by atoms with Crippen LogP contribution in [0.1, 0.15) is 38.6 Å². The summed E-state index contributed by atoms with van der Waals surface area (Å²) >= 11 is 0. The molecule has 0 aliphatic carbocycles. The van der Waals surface area contributed by atoms with Gasteiger partial charge in [-0.15, -0.1) is 10.2 Å². The van der Waals surface area contributed by atoms with Gasteiger partial charge in [0.15, 0.2) is 5.82 Å². The second-order valence-electron chi connectivity index (χ2n) is 6.19. The van der Waals surface area contributed by atoms with Gasteiger partial charge in [-0.25, -0.2) is 4.98 Å². The van der Waals surface area contributed by atoms with E-state index in [9.17, 15) is 10.1 Å². The van der Waals surface area contributed by atoms with Crippen LogP contribution in [0.25, 0.3) is 0 Å². The Morgan fingerprint density at radius 1 is 1.48 bits per heavy atom. The molecule has 8 nitrogen and oxygen atoms in total. The Bertz CT molecular complexity index is 699. The van der Waals surface area contributed by atoms with E-state index in [4.69, 9.17) is 0 Å². The van der Waals surface area contributed by atoms with Gasteiger partial charge in [-0.1, -0.05) is 13.8 Å². The van der Waals surface area contributed by atoms with E-state index in [2.05, 4.69) is 29.0 Å². The molecule has 0 saturated carbocycles. The van der Waals surface area contributed by atoms with Crippen LogP contribution < -0.4 is 4.90 Å². The Hall–Kier alpha value is -2.51. The van der Waals surface area contributed by atoms with Crippen LogP contribution in [0.5, 0.6) is 0 Å². The number of hydrogen-bond acceptors (Lipinski definition) is 6. The molecule has 3 heterocycles. The van der Waals surface area contributed by atoms with Crippen LogP contribution in [0.2, 0.25) is 0 Å². The van der Waals surface area contributed by atoms with E-state index in [1.54, 1.807) is 18.6 Å². The number of nitro groups is 1. The third-order valence-electron chi connectivity index (χ3n) is 3.99. The van der Waals surface area contributed by atoms with Crippen LogP contribution in [0.4, 0.5) is 11.5 Å². The first-order valence-electron chi connectivity index (χ1n) is 7.81. The molecule has 1 saturated heterocycles. The molecule has 23 heavy (non-hydrogen) atoms. The number of hydrogen-bond donors (Lipinski definition) is 0. The normalized spacial score (nSPS) is 17.9. The second kappa shape index (κ2) is 6.31. The van der Waals surface area contributed by atoms with Gasteiger partial charge in [-0.3, -0.25) is 10.1 Å². The molecule has 3 rings (SSSR count). The smallest absolute Gasteiger partial charge is 0.311 e. The molecule has 0 amide bonds. The molecular formula is C15H20N6O2. The van der Waals surface area contributed by atoms with Crippen molar-refractivity contribution in [3.05, 3.63) is 40.6 Å². The summed E-state index contributed by atoms with van der Waals surface area (Å²) in [4.78, 5) is 17.2. The van der Waals surface area contributed by atoms with Crippen LogP contribution >= 0.6 is 0 Å². The standard InChI is InChI=1S/C15H20N6O2/c1-11(2)9-19-10-17-18-15(19)12-6-4-8-20(12)14-13(21(22)23)5-3-7-16-14/h3,5,7,10-12H,4,6,8-9H2,1-2H3. The first kappa shape index (κ1) is 15.4. The van der Waals surface area contributed by atoms with Gasteiger partial charge < -0.3 is 9.47 Å². The first-order chi connectivity index (χ1) is 11.1. The van der Waals surface area contributed by atoms with E-state index in [0.29, 0.717) is 11.7 Å². The zero-order valence-electron chi connectivity index (χ0n) is 13.3. The minimum absolute atomic E-state index is 0.0233. The highest BCUT2D eigenvalue weighted by Gasteiger charge is 2.34. The van der Waals surface area contributed by atoms with E-state index in [1.807, 2.05) is 9.47 Å². The van der Waals surface area contributed by atoms with E-state index < -0.39 is 0 Å². The molecule has 122 valence electrons. The van der Waals surface area contributed by atoms with Crippen LogP contribution in [-0.2, 0) is 6.54 Å². The predicted molar refractivity (Wildman–Crippen MR) is 85.1 cm³/mol. The maximum Gasteiger partial charge on any atom is 0.311 e. The van der Waals surface area contributed by atoms with Gasteiger partial charge in [-0.05, 0) is 24.8 Å². The lowest BCUT2D eigenvalue weighted by atomic mass is 10.1. The minimum atomic E-state index is -0.378. The Balaban J connectivity index is 1.96. The fourth-order valence-electron chi connectivity index (χ4n) is 3.10. The maximum atomic E-state index is 11.3. The highest BCUT2D eigenvalue weighted by Crippen LogP contribution is 2.38. The molecule has 8 heteroatoms. The van der Waals surface area contributed by atoms with Gasteiger partial charge in [0.2, 0.25) is 5.82 Å². The molecule has 2 aromatic rings. The third kappa shape index (κ3) is 3.01. The number of nitrogens with zero attached hydrogens (tertiary/aromatic N) is 6. The summed E-state index contributed by atoms with van der Waals surface area (Å²) in [5.74, 6) is 1.75. The van der Waals surface area contributed by atoms with Gasteiger partial charge >= 0.3 is 5.69 Å². The van der Waals surface area contributed by atoms with E-state index >= 15 is 0 Å². The molecule has 1 aliphatic heterocycles. The summed E-state index contributed by atoms with van der Waals surface area (Å²) < 4.78 is 2.04. The highest BCUT2D eigenvalue weighted by atomic mass is 16.6. The molecule has 0 bridgehead atoms. The lowest BCUT2D eigenvalue weighted by molar-refractivity contribution is -0.384. The monoisotopic (exact) mass is 316 g/mol. The first-order valence-corrected chi connectivity index (χ1v) is 7.81. The molecule has 0 radical (unpaired) electrons. The van der Waals surface area contributed by atoms with E-state index in [-0.39, 0.29) is 16.7 Å². The van der Waals surface area contributed by atoms with Crippen molar-refractivity contribution in [1.29, 1.82) is 0 Å². The zero-order chi connectivity index (χ0) is 16.4. The van der Waals surface area contributed by atoms with Gasteiger partial charge in [-0.2, -0.15) is 0 Å². The molecule has 0 N–H and O–H groups in total. The van der Waals surface area contributed by atoms with Crippen LogP contribution in [0.3, 0.4) is 0 Å². The molecule has 0 spiro atoms. The molecule has 1 unspecified atom stereocenters. The highest BCUT2D eigenvalue weighted by molar-refractivity contribution is 5.58. The van der Waals surface area contributed by atoms with Crippen molar-refractivity contribution in [2.45, 2.75) is 39.3 Å². The van der Waals surface area contributed by atoms with Crippen molar-refractivity contribution in [3.8, 4) is 0 Å². The van der Waals surface area contributed by atoms with Crippen LogP contribution in [0, 0.1) is 16.0 Å². The number of anilines is 1. The largest absolute Gasteiger partial charge is 0.341 e. The summed E-state index contributed by atoms with van der Waals surface area (Å²) in [5.41, 5.74) is 0.0364. The van der Waals surface area contributed by atoms with Gasteiger partial charge in [0.25, 0.3) is 0 Å². The van der Waals surface area contributed by atoms with Crippen LogP contribution in [0.15, 0.2) is 24.7 Å². The van der Waals surface area contributed by atoms with Crippen molar-refractivity contribution in [2.24, 2.45) is 5.92 Å². The molecule has 2 aromatic heterocycles. The topological polar surface area (TPSA) is 90.0 Å². The summed E-state index contributed by atoms with van der Waals surface area (Å²) in [5, 5.41) is 19.6. The lowest BCUT2D eigenvalue weighted by Gasteiger charge is -2.25. The quantitative estimate of drug-likeness (QED) is 0.622. The van der Waals surface area contributed by atoms with Crippen molar-refractivity contribution >= 4 is 11.5 Å². The Morgan fingerprint density at radius 3 is 3.04 bits per heavy atom. The predicted octanol–water partition coefficient (Wildman–Crippen LogP) is 2.58. The van der Waals surface area contributed by atoms with E-state index in [1.165, 1.54) is 6.07 Å². The van der Waals surface area contributed by atoms with Gasteiger partial charge in [0, 0.05) is 25.4 Å². The van der Waals surface area contributed by atoms with Crippen molar-refractivity contribution in [3.63, 3.8) is 0 Å². The van der Waals surface area contributed by atoms with Gasteiger partial charge in [0.1, 0.15) is 6.33 Å². The van der Waals surface area contributed by atoms with Crippen molar-refractivity contribution in [1.82, 2.24) is 19.7 Å². The third-order valence-corrected chi connectivity index (χ3v) is 3.99. The summed E-state index contributed by atoms with van der Waals surface area (Å²) in [7, 11) is 0. The fourth-order valence-corrected chi connectivity index (χ4v) is 3.10. The SMILES string of the molecule is CC(C)Cn1cnnc1C1CCCN1c1ncccc1[N+](=O)[O-]. The lowest BCUT2D eigenvalue weighted by Crippen LogP contribution is -2.27. The Morgan fingerprint density at radius 2 is 2.30 bits per heavy atom. The molecular weight excluding hydrogens is 296 g/mol. The zero-order valence-corrected chi connectivity index (χ0v) is 13.3. The molecule has 0 aromatic carbocycles. The summed E-state index contributed by atoms with van der Waals surface area (Å²) in [6.07, 6.45) is 5.17. The van der Waals surface area contributed by atoms with Crippen LogP contribution in [-0.4, -0.2) is 31.2 Å². The fraction of sp³-hybridized carbons (Fsp3) is 0.533. The van der Waals surface area contributed by atoms with Gasteiger partial charge in [0.05, 0.1) is 11.0 Å². The Kier molecular flexibility index (Phi) is 4.22. The summed E-state index contributed by atoms with van der Waals surface area (Å²) in [6.45, 7) is 5.84. The number of pyridine rings is 1. The average Bonchev–Trinajstić information content (AvgIpc) is 3.14. The second-order valence-corrected chi connectivity index (χ2v) is 6.19. The maximum absolute atomic E-state index is 11.3. The summed E-state index contributed by atoms with van der Waals surface area (Å²) in [6, 6.07) is 3.06. The molecule has 1 fully saturated rings. The Labute approximate surface area is 134 Å². The number of rotatable bonds is 5. The number of aromatic nitrogens is 4. The minimum Gasteiger partial charge on any atom is -0.341 e. The molecule has 1 aliphatic rings. The molecule has 1 atom stereocenters. The van der Waals surface area contributed by atoms with Crippen molar-refractivity contribution < 1.29 is 4.92 Å².